The fourth-order valence-corrected chi connectivity index (χ4v) is 4.50. The zero-order valence-corrected chi connectivity index (χ0v) is 22.0. The minimum absolute atomic E-state index is 0.0692. The highest BCUT2D eigenvalue weighted by Gasteiger charge is 2.34. The molecule has 2 heterocycles. The second kappa shape index (κ2) is 10.9. The molecule has 0 bridgehead atoms. The van der Waals surface area contributed by atoms with Crippen molar-refractivity contribution in [1.29, 1.82) is 0 Å². The van der Waals surface area contributed by atoms with Crippen molar-refractivity contribution in [3.63, 3.8) is 0 Å². The molecule has 0 saturated carbocycles. The van der Waals surface area contributed by atoms with Gasteiger partial charge in [-0.1, -0.05) is 29.8 Å². The summed E-state index contributed by atoms with van der Waals surface area (Å²) in [4.78, 5) is 37.8. The lowest BCUT2D eigenvalue weighted by Crippen LogP contribution is -2.35. The molecule has 5 rings (SSSR count). The van der Waals surface area contributed by atoms with E-state index >= 15 is 0 Å². The average Bonchev–Trinajstić information content (AvgIpc) is 3.38. The number of rotatable bonds is 7. The minimum Gasteiger partial charge on any atom is -0.484 e. The van der Waals surface area contributed by atoms with E-state index in [0.29, 0.717) is 22.1 Å². The summed E-state index contributed by atoms with van der Waals surface area (Å²) in [6.07, 6.45) is 1.62. The number of nitrogens with one attached hydrogen (secondary N) is 2. The van der Waals surface area contributed by atoms with Gasteiger partial charge in [0.05, 0.1) is 5.69 Å². The van der Waals surface area contributed by atoms with E-state index in [9.17, 15) is 14.4 Å². The number of para-hydroxylation sites is 1. The summed E-state index contributed by atoms with van der Waals surface area (Å²) in [5.41, 5.74) is 7.37. The van der Waals surface area contributed by atoms with Crippen molar-refractivity contribution in [2.45, 2.75) is 13.8 Å². The lowest BCUT2D eigenvalue weighted by molar-refractivity contribution is -0.118. The zero-order valence-electron chi connectivity index (χ0n) is 21.3. The number of aromatic nitrogens is 1. The summed E-state index contributed by atoms with van der Waals surface area (Å²) in [5, 5.41) is 4.60. The molecule has 0 aliphatic carbocycles. The van der Waals surface area contributed by atoms with Crippen molar-refractivity contribution in [1.82, 2.24) is 9.99 Å². The van der Waals surface area contributed by atoms with Crippen LogP contribution < -0.4 is 20.5 Å². The first-order chi connectivity index (χ1) is 18.8. The van der Waals surface area contributed by atoms with E-state index in [1.165, 1.54) is 5.01 Å². The van der Waals surface area contributed by atoms with Gasteiger partial charge in [-0.05, 0) is 92.2 Å². The maximum absolute atomic E-state index is 13.0. The van der Waals surface area contributed by atoms with E-state index in [0.717, 1.165) is 22.6 Å². The highest BCUT2D eigenvalue weighted by atomic mass is 35.5. The molecule has 1 aliphatic rings. The normalized spacial score (nSPS) is 14.0. The van der Waals surface area contributed by atoms with Crippen LogP contribution in [0.3, 0.4) is 0 Å². The van der Waals surface area contributed by atoms with Crippen LogP contribution in [-0.4, -0.2) is 28.9 Å². The molecule has 8 nitrogen and oxygen atoms in total. The standard InChI is InChI=1S/C30H25ClN4O4/c1-19-16-21(17-27-29(37)33-35(30(27)38)25-6-4-3-5-7-25)20(2)34(19)24-12-14-26(15-13-24)39-18-28(36)32-23-10-8-22(31)9-11-23/h3-17H,18H2,1-2H3,(H,32,36)(H,33,37)/b27-17-. The van der Waals surface area contributed by atoms with Crippen LogP contribution in [0.1, 0.15) is 17.0 Å². The SMILES string of the molecule is Cc1cc(/C=C2/C(=O)NN(c3ccccc3)C2=O)c(C)n1-c1ccc(OCC(=O)Nc2ccc(Cl)cc2)cc1. The van der Waals surface area contributed by atoms with Crippen molar-refractivity contribution in [2.75, 3.05) is 16.9 Å². The predicted octanol–water partition coefficient (Wildman–Crippen LogP) is 5.23. The van der Waals surface area contributed by atoms with Gasteiger partial charge in [0, 0.05) is 27.8 Å². The van der Waals surface area contributed by atoms with Gasteiger partial charge in [-0.2, -0.15) is 0 Å². The molecule has 1 saturated heterocycles. The summed E-state index contributed by atoms with van der Waals surface area (Å²) in [6, 6.07) is 25.1. The van der Waals surface area contributed by atoms with Gasteiger partial charge >= 0.3 is 0 Å². The number of carbonyl (C=O) groups is 3. The fraction of sp³-hybridized carbons (Fsp3) is 0.100. The molecule has 4 aromatic rings. The number of hydrogen-bond donors (Lipinski definition) is 2. The molecule has 1 aliphatic heterocycles. The maximum Gasteiger partial charge on any atom is 0.282 e. The minimum atomic E-state index is -0.449. The van der Waals surface area contributed by atoms with E-state index in [1.807, 2.05) is 42.7 Å². The van der Waals surface area contributed by atoms with Gasteiger partial charge in [-0.15, -0.1) is 0 Å². The topological polar surface area (TPSA) is 92.7 Å². The predicted molar refractivity (Wildman–Crippen MR) is 151 cm³/mol. The van der Waals surface area contributed by atoms with E-state index in [2.05, 4.69) is 10.7 Å². The Hall–Kier alpha value is -4.82. The van der Waals surface area contributed by atoms with Crippen molar-refractivity contribution in [3.8, 4) is 11.4 Å². The van der Waals surface area contributed by atoms with Gasteiger partial charge < -0.3 is 14.6 Å². The van der Waals surface area contributed by atoms with Gasteiger partial charge in [-0.3, -0.25) is 19.8 Å². The monoisotopic (exact) mass is 540 g/mol. The van der Waals surface area contributed by atoms with Crippen LogP contribution in [0, 0.1) is 13.8 Å². The van der Waals surface area contributed by atoms with Crippen molar-refractivity contribution in [3.05, 3.63) is 112 Å². The molecule has 0 spiro atoms. The average molecular weight is 541 g/mol. The molecule has 0 unspecified atom stereocenters. The number of anilines is 2. The molecule has 2 N–H and O–H groups in total. The summed E-state index contributed by atoms with van der Waals surface area (Å²) >= 11 is 5.87. The Labute approximate surface area is 230 Å². The third kappa shape index (κ3) is 5.56. The fourth-order valence-electron chi connectivity index (χ4n) is 4.37. The first-order valence-electron chi connectivity index (χ1n) is 12.2. The van der Waals surface area contributed by atoms with Crippen LogP contribution in [0.25, 0.3) is 11.8 Å². The highest BCUT2D eigenvalue weighted by molar-refractivity contribution is 6.31. The van der Waals surface area contributed by atoms with Crippen LogP contribution in [-0.2, 0) is 14.4 Å². The molecule has 1 aromatic heterocycles. The Morgan fingerprint density at radius 1 is 0.949 bits per heavy atom. The van der Waals surface area contributed by atoms with Crippen molar-refractivity contribution in [2.24, 2.45) is 0 Å². The van der Waals surface area contributed by atoms with Crippen LogP contribution in [0.5, 0.6) is 5.75 Å². The molecule has 196 valence electrons. The first kappa shape index (κ1) is 25.8. The second-order valence-electron chi connectivity index (χ2n) is 8.97. The van der Waals surface area contributed by atoms with E-state index in [-0.39, 0.29) is 18.1 Å². The highest BCUT2D eigenvalue weighted by Crippen LogP contribution is 2.27. The number of ether oxygens (including phenoxy) is 1. The lowest BCUT2D eigenvalue weighted by Gasteiger charge is -2.13. The van der Waals surface area contributed by atoms with Gasteiger partial charge in [0.2, 0.25) is 0 Å². The van der Waals surface area contributed by atoms with Crippen LogP contribution in [0.2, 0.25) is 5.02 Å². The molecule has 0 radical (unpaired) electrons. The molecule has 1 fully saturated rings. The van der Waals surface area contributed by atoms with Gasteiger partial charge in [0.15, 0.2) is 6.61 Å². The maximum atomic E-state index is 13.0. The first-order valence-corrected chi connectivity index (χ1v) is 12.6. The largest absolute Gasteiger partial charge is 0.484 e. The number of benzene rings is 3. The summed E-state index contributed by atoms with van der Waals surface area (Å²) in [5.74, 6) is -0.593. The van der Waals surface area contributed by atoms with Crippen molar-refractivity contribution < 1.29 is 19.1 Å². The van der Waals surface area contributed by atoms with Gasteiger partial charge in [-0.25, -0.2) is 5.01 Å². The van der Waals surface area contributed by atoms with Crippen LogP contribution in [0.15, 0.2) is 90.5 Å². The van der Waals surface area contributed by atoms with Gasteiger partial charge in [0.25, 0.3) is 17.7 Å². The Bertz CT molecular complexity index is 1580. The number of carbonyl (C=O) groups excluding carboxylic acids is 3. The van der Waals surface area contributed by atoms with E-state index < -0.39 is 11.8 Å². The third-order valence-corrected chi connectivity index (χ3v) is 6.52. The zero-order chi connectivity index (χ0) is 27.5. The number of nitrogens with zero attached hydrogens (tertiary/aromatic N) is 2. The summed E-state index contributed by atoms with van der Waals surface area (Å²) in [7, 11) is 0. The Morgan fingerprint density at radius 2 is 1.64 bits per heavy atom. The number of amides is 3. The number of aryl methyl sites for hydroxylation is 1. The Kier molecular flexibility index (Phi) is 7.21. The van der Waals surface area contributed by atoms with Gasteiger partial charge in [0.1, 0.15) is 11.3 Å². The second-order valence-corrected chi connectivity index (χ2v) is 9.41. The molecular formula is C30H25ClN4O4. The summed E-state index contributed by atoms with van der Waals surface area (Å²) in [6.45, 7) is 3.74. The van der Waals surface area contributed by atoms with Crippen molar-refractivity contribution >= 4 is 46.8 Å². The number of halogens is 1. The molecule has 3 aromatic carbocycles. The van der Waals surface area contributed by atoms with E-state index in [4.69, 9.17) is 16.3 Å². The molecule has 39 heavy (non-hydrogen) atoms. The third-order valence-electron chi connectivity index (χ3n) is 6.27. The van der Waals surface area contributed by atoms with Crippen LogP contribution in [0.4, 0.5) is 11.4 Å². The quantitative estimate of drug-likeness (QED) is 0.248. The number of hydrogen-bond acceptors (Lipinski definition) is 4. The lowest BCUT2D eigenvalue weighted by atomic mass is 10.1. The smallest absolute Gasteiger partial charge is 0.282 e. The van der Waals surface area contributed by atoms with E-state index in [1.54, 1.807) is 66.7 Å². The molecule has 0 atom stereocenters. The Balaban J connectivity index is 1.28. The Morgan fingerprint density at radius 3 is 2.33 bits per heavy atom. The molecular weight excluding hydrogens is 516 g/mol. The van der Waals surface area contributed by atoms with Crippen LogP contribution >= 0.6 is 11.6 Å². The molecule has 9 heteroatoms. The molecule has 3 amide bonds. The number of hydrazine groups is 1. The summed E-state index contributed by atoms with van der Waals surface area (Å²) < 4.78 is 7.66.